The number of hydrogen-bond acceptors (Lipinski definition) is 7. The van der Waals surface area contributed by atoms with Crippen molar-refractivity contribution in [1.82, 2.24) is 19.6 Å². The number of rotatable bonds is 6. The summed E-state index contributed by atoms with van der Waals surface area (Å²) in [6.07, 6.45) is 4.67. The van der Waals surface area contributed by atoms with Gasteiger partial charge in [-0.05, 0) is 42.5 Å². The average Bonchev–Trinajstić information content (AvgIpc) is 2.87. The summed E-state index contributed by atoms with van der Waals surface area (Å²) in [6.45, 7) is 0. The van der Waals surface area contributed by atoms with Gasteiger partial charge in [0.05, 0.1) is 11.4 Å². The molecule has 0 aliphatic carbocycles. The van der Waals surface area contributed by atoms with Gasteiger partial charge in [-0.2, -0.15) is 5.48 Å². The molecule has 0 amide bonds. The first-order valence-electron chi connectivity index (χ1n) is 10.5. The largest absolute Gasteiger partial charge is 0.453 e. The van der Waals surface area contributed by atoms with Gasteiger partial charge in [0.2, 0.25) is 5.88 Å². The van der Waals surface area contributed by atoms with Crippen LogP contribution in [0.2, 0.25) is 0 Å². The van der Waals surface area contributed by atoms with E-state index >= 15 is 0 Å². The predicted molar refractivity (Wildman–Crippen MR) is 127 cm³/mol. The van der Waals surface area contributed by atoms with Crippen LogP contribution in [-0.2, 0) is 4.84 Å². The summed E-state index contributed by atoms with van der Waals surface area (Å²) in [5.41, 5.74) is 0.488. The topological polar surface area (TPSA) is 117 Å². The molecule has 2 N–H and O–H groups in total. The van der Waals surface area contributed by atoms with Crippen molar-refractivity contribution in [1.29, 1.82) is 0 Å². The number of hydrogen-bond donors (Lipinski definition) is 2. The molecule has 0 saturated heterocycles. The molecular weight excluding hydrogens is 452 g/mol. The van der Waals surface area contributed by atoms with E-state index in [0.717, 1.165) is 9.13 Å². The van der Waals surface area contributed by atoms with Crippen molar-refractivity contribution in [3.05, 3.63) is 135 Å². The molecule has 2 heterocycles. The molecule has 0 radical (unpaired) electrons. The summed E-state index contributed by atoms with van der Waals surface area (Å²) in [5.74, 6) is 1.31. The van der Waals surface area contributed by atoms with Gasteiger partial charge in [0.25, 0.3) is 0 Å². The molecule has 5 rings (SSSR count). The zero-order valence-electron chi connectivity index (χ0n) is 18.1. The van der Waals surface area contributed by atoms with Crippen molar-refractivity contribution in [2.75, 3.05) is 0 Å². The number of aromatic nitrogens is 3. The number of aromatic amines is 1. The average molecular weight is 470 g/mol. The minimum absolute atomic E-state index is 0.157. The van der Waals surface area contributed by atoms with Crippen molar-refractivity contribution in [2.24, 2.45) is 0 Å². The van der Waals surface area contributed by atoms with Gasteiger partial charge in [-0.25, -0.2) is 23.5 Å². The summed E-state index contributed by atoms with van der Waals surface area (Å²) < 4.78 is 13.6. The van der Waals surface area contributed by atoms with Gasteiger partial charge in [0.1, 0.15) is 12.0 Å². The van der Waals surface area contributed by atoms with Crippen molar-refractivity contribution in [2.45, 2.75) is 0 Å². The molecular formula is C25H18N4O6. The van der Waals surface area contributed by atoms with Crippen LogP contribution in [-0.4, -0.2) is 14.1 Å². The smallest absolute Gasteiger partial charge is 0.345 e. The highest BCUT2D eigenvalue weighted by molar-refractivity contribution is 5.51. The standard InChI is InChI=1S/C25H18N4O6/c30-23-26-24(31)29(25(32)28(23)17-8-3-1-4-9-17)18-13-14-20(34-19-10-5-2-6-11-19)21(16-18)35-22-12-7-15-33-27-22/h1-16,27H,(H,26,30,31). The zero-order chi connectivity index (χ0) is 24.2. The van der Waals surface area contributed by atoms with Crippen molar-refractivity contribution < 1.29 is 14.3 Å². The van der Waals surface area contributed by atoms with Gasteiger partial charge in [0.15, 0.2) is 11.5 Å². The summed E-state index contributed by atoms with van der Waals surface area (Å²) in [5, 5.41) is 0. The van der Waals surface area contributed by atoms with E-state index in [2.05, 4.69) is 10.5 Å². The van der Waals surface area contributed by atoms with Gasteiger partial charge in [0, 0.05) is 12.1 Å². The van der Waals surface area contributed by atoms with Gasteiger partial charge in [-0.1, -0.05) is 36.4 Å². The number of nitrogens with zero attached hydrogens (tertiary/aromatic N) is 2. The lowest BCUT2D eigenvalue weighted by molar-refractivity contribution is 0.115. The monoisotopic (exact) mass is 470 g/mol. The summed E-state index contributed by atoms with van der Waals surface area (Å²) >= 11 is 0. The Morgan fingerprint density at radius 1 is 0.714 bits per heavy atom. The van der Waals surface area contributed by atoms with E-state index in [1.807, 2.05) is 18.2 Å². The van der Waals surface area contributed by atoms with E-state index in [0.29, 0.717) is 17.2 Å². The van der Waals surface area contributed by atoms with Crippen LogP contribution < -0.4 is 32.0 Å². The maximum absolute atomic E-state index is 13.3. The lowest BCUT2D eigenvalue weighted by Crippen LogP contribution is -2.48. The predicted octanol–water partition coefficient (Wildman–Crippen LogP) is 2.74. The minimum atomic E-state index is -0.892. The van der Waals surface area contributed by atoms with E-state index in [4.69, 9.17) is 14.3 Å². The van der Waals surface area contributed by atoms with Gasteiger partial charge in [-0.15, -0.1) is 0 Å². The highest BCUT2D eigenvalue weighted by Gasteiger charge is 2.17. The van der Waals surface area contributed by atoms with Crippen molar-refractivity contribution in [3.63, 3.8) is 0 Å². The Kier molecular flexibility index (Phi) is 5.75. The normalized spacial score (nSPS) is 12.3. The highest BCUT2D eigenvalue weighted by Crippen LogP contribution is 2.34. The molecule has 0 unspecified atom stereocenters. The fraction of sp³-hybridized carbons (Fsp3) is 0. The summed E-state index contributed by atoms with van der Waals surface area (Å²) in [6, 6.07) is 21.8. The Hall–Kier alpha value is -5.25. The van der Waals surface area contributed by atoms with E-state index in [9.17, 15) is 14.4 Å². The summed E-state index contributed by atoms with van der Waals surface area (Å²) in [4.78, 5) is 45.6. The van der Waals surface area contributed by atoms with Crippen LogP contribution in [0.25, 0.3) is 11.4 Å². The Labute approximate surface area is 197 Å². The molecule has 174 valence electrons. The molecule has 0 atom stereocenters. The second-order valence-electron chi connectivity index (χ2n) is 7.25. The van der Waals surface area contributed by atoms with Gasteiger partial charge >= 0.3 is 17.1 Å². The van der Waals surface area contributed by atoms with E-state index < -0.39 is 17.1 Å². The van der Waals surface area contributed by atoms with Crippen LogP contribution in [0.1, 0.15) is 0 Å². The number of benzene rings is 3. The number of ether oxygens (including phenoxy) is 2. The first-order chi connectivity index (χ1) is 17.1. The fourth-order valence-electron chi connectivity index (χ4n) is 3.39. The maximum Gasteiger partial charge on any atom is 0.345 e. The third-order valence-electron chi connectivity index (χ3n) is 4.95. The van der Waals surface area contributed by atoms with Gasteiger partial charge < -0.3 is 14.3 Å². The quantitative estimate of drug-likeness (QED) is 0.445. The molecule has 1 aliphatic heterocycles. The second kappa shape index (κ2) is 9.32. The first-order valence-corrected chi connectivity index (χ1v) is 10.5. The molecule has 1 aliphatic rings. The molecule has 35 heavy (non-hydrogen) atoms. The molecule has 4 aromatic rings. The number of para-hydroxylation sites is 2. The Morgan fingerprint density at radius 3 is 2.09 bits per heavy atom. The third kappa shape index (κ3) is 4.48. The zero-order valence-corrected chi connectivity index (χ0v) is 18.1. The molecule has 10 heteroatoms. The molecule has 3 aromatic carbocycles. The fourth-order valence-corrected chi connectivity index (χ4v) is 3.39. The van der Waals surface area contributed by atoms with Crippen LogP contribution in [0.15, 0.2) is 118 Å². The van der Waals surface area contributed by atoms with Crippen LogP contribution in [0.4, 0.5) is 0 Å². The number of allylic oxidation sites excluding steroid dienone is 2. The highest BCUT2D eigenvalue weighted by atomic mass is 16.7. The minimum Gasteiger partial charge on any atom is -0.453 e. The van der Waals surface area contributed by atoms with Crippen molar-refractivity contribution >= 4 is 0 Å². The number of nitrogens with one attached hydrogen (secondary N) is 2. The Morgan fingerprint density at radius 2 is 1.40 bits per heavy atom. The first kappa shape index (κ1) is 21.6. The van der Waals surface area contributed by atoms with Crippen molar-refractivity contribution in [3.8, 4) is 28.6 Å². The molecule has 10 nitrogen and oxygen atoms in total. The van der Waals surface area contributed by atoms with E-state index in [1.165, 1.54) is 18.4 Å². The Balaban J connectivity index is 1.64. The van der Waals surface area contributed by atoms with Crippen LogP contribution in [0.5, 0.6) is 17.2 Å². The van der Waals surface area contributed by atoms with Crippen LogP contribution >= 0.6 is 0 Å². The Bertz CT molecular complexity index is 1600. The molecule has 0 spiro atoms. The molecule has 0 bridgehead atoms. The number of hydroxylamine groups is 1. The number of H-pyrrole nitrogens is 1. The molecule has 0 fully saturated rings. The molecule has 0 saturated carbocycles. The maximum atomic E-state index is 13.3. The SMILES string of the molecule is O=c1[nH]c(=O)n(-c2ccc(Oc3ccccc3)c(OC3=CC=CON3)c2)c(=O)n1-c1ccccc1. The van der Waals surface area contributed by atoms with Crippen LogP contribution in [0, 0.1) is 0 Å². The molecule has 1 aromatic heterocycles. The second-order valence-corrected chi connectivity index (χ2v) is 7.25. The lowest BCUT2D eigenvalue weighted by atomic mass is 10.2. The van der Waals surface area contributed by atoms with Crippen LogP contribution in [0.3, 0.4) is 0 Å². The summed E-state index contributed by atoms with van der Waals surface area (Å²) in [7, 11) is 0. The lowest BCUT2D eigenvalue weighted by Gasteiger charge is -2.17. The van der Waals surface area contributed by atoms with E-state index in [1.54, 1.807) is 60.7 Å². The third-order valence-corrected chi connectivity index (χ3v) is 4.95. The van der Waals surface area contributed by atoms with E-state index in [-0.39, 0.29) is 17.3 Å². The van der Waals surface area contributed by atoms with Gasteiger partial charge in [-0.3, -0.25) is 4.98 Å².